The lowest BCUT2D eigenvalue weighted by atomic mass is 10.2. The molecule has 0 amide bonds. The van der Waals surface area contributed by atoms with Crippen LogP contribution in [0.25, 0.3) is 0 Å². The van der Waals surface area contributed by atoms with Gasteiger partial charge in [0.1, 0.15) is 5.78 Å². The molecule has 14 heavy (non-hydrogen) atoms. The number of Topliss-reactive ketones (excluding diaryl/α,β-unsaturated/α-hetero) is 1. The number of carbonyl (C=O) groups excluding carboxylic acids is 2. The van der Waals surface area contributed by atoms with Crippen molar-refractivity contribution < 1.29 is 9.59 Å². The van der Waals surface area contributed by atoms with E-state index in [2.05, 4.69) is 0 Å². The van der Waals surface area contributed by atoms with Crippen molar-refractivity contribution in [1.82, 2.24) is 0 Å². The van der Waals surface area contributed by atoms with Gasteiger partial charge in [0.05, 0.1) is 6.42 Å². The van der Waals surface area contributed by atoms with Crippen LogP contribution in [0.3, 0.4) is 0 Å². The zero-order chi connectivity index (χ0) is 10.6. The molecule has 0 aliphatic rings. The Labute approximate surface area is 87.7 Å². The third kappa shape index (κ3) is 3.75. The number of rotatable bonds is 3. The fourth-order valence-corrected chi connectivity index (χ4v) is 1.98. The molecule has 1 aromatic carbocycles. The minimum atomic E-state index is -0.0944. The number of benzene rings is 1. The van der Waals surface area contributed by atoms with E-state index in [0.717, 1.165) is 22.2 Å². The highest BCUT2D eigenvalue weighted by molar-refractivity contribution is 8.13. The van der Waals surface area contributed by atoms with E-state index in [1.807, 2.05) is 31.2 Å². The van der Waals surface area contributed by atoms with Crippen LogP contribution < -0.4 is 0 Å². The van der Waals surface area contributed by atoms with Gasteiger partial charge in [-0.05, 0) is 26.0 Å². The van der Waals surface area contributed by atoms with E-state index in [1.165, 1.54) is 6.92 Å². The molecule has 2 nitrogen and oxygen atoms in total. The first-order chi connectivity index (χ1) is 6.58. The summed E-state index contributed by atoms with van der Waals surface area (Å²) in [7, 11) is 0. The fraction of sp³-hybridized carbons (Fsp3) is 0.273. The summed E-state index contributed by atoms with van der Waals surface area (Å²) in [6.45, 7) is 3.40. The number of carbonyl (C=O) groups is 2. The van der Waals surface area contributed by atoms with Crippen LogP contribution >= 0.6 is 11.8 Å². The summed E-state index contributed by atoms with van der Waals surface area (Å²) in [5.74, 6) is -0.0878. The Hall–Kier alpha value is -1.09. The molecule has 0 aliphatic carbocycles. The van der Waals surface area contributed by atoms with Crippen LogP contribution in [0.1, 0.15) is 18.9 Å². The third-order valence-corrected chi connectivity index (χ3v) is 2.48. The monoisotopic (exact) mass is 208 g/mol. The molecule has 0 aromatic heterocycles. The van der Waals surface area contributed by atoms with Crippen LogP contribution in [-0.2, 0) is 9.59 Å². The topological polar surface area (TPSA) is 34.1 Å². The van der Waals surface area contributed by atoms with Crippen LogP contribution in [0.5, 0.6) is 0 Å². The smallest absolute Gasteiger partial charge is 0.201 e. The highest BCUT2D eigenvalue weighted by atomic mass is 32.2. The molecule has 1 rings (SSSR count). The molecule has 0 aliphatic heterocycles. The largest absolute Gasteiger partial charge is 0.300 e. The van der Waals surface area contributed by atoms with Gasteiger partial charge in [-0.1, -0.05) is 29.5 Å². The second kappa shape index (κ2) is 4.96. The van der Waals surface area contributed by atoms with Crippen molar-refractivity contribution in [3.8, 4) is 0 Å². The highest BCUT2D eigenvalue weighted by Gasteiger charge is 2.07. The molecule has 0 radical (unpaired) electrons. The zero-order valence-corrected chi connectivity index (χ0v) is 9.06. The van der Waals surface area contributed by atoms with Crippen LogP contribution in [0.15, 0.2) is 29.2 Å². The molecule has 0 bridgehead atoms. The Morgan fingerprint density at radius 2 is 2.07 bits per heavy atom. The van der Waals surface area contributed by atoms with E-state index in [9.17, 15) is 9.59 Å². The van der Waals surface area contributed by atoms with Gasteiger partial charge in [0, 0.05) is 4.90 Å². The molecule has 0 unspecified atom stereocenters. The van der Waals surface area contributed by atoms with Gasteiger partial charge in [-0.3, -0.25) is 9.59 Å². The van der Waals surface area contributed by atoms with E-state index in [0.29, 0.717) is 0 Å². The molecule has 0 heterocycles. The molecule has 0 N–H and O–H groups in total. The van der Waals surface area contributed by atoms with Crippen molar-refractivity contribution in [2.75, 3.05) is 0 Å². The predicted molar refractivity (Wildman–Crippen MR) is 57.3 cm³/mol. The summed E-state index contributed by atoms with van der Waals surface area (Å²) >= 11 is 1.13. The van der Waals surface area contributed by atoms with Crippen LogP contribution in [0.4, 0.5) is 0 Å². The lowest BCUT2D eigenvalue weighted by Gasteiger charge is -1.99. The van der Waals surface area contributed by atoms with E-state index < -0.39 is 0 Å². The molecule has 0 fully saturated rings. The van der Waals surface area contributed by atoms with Crippen molar-refractivity contribution >= 4 is 22.7 Å². The summed E-state index contributed by atoms with van der Waals surface area (Å²) in [4.78, 5) is 22.9. The standard InChI is InChI=1S/C11H12O2S/c1-8-4-3-5-10(6-8)14-11(13)7-9(2)12/h3-6H,7H2,1-2H3. The van der Waals surface area contributed by atoms with Crippen molar-refractivity contribution in [3.05, 3.63) is 29.8 Å². The molecule has 1 aromatic rings. The molecular weight excluding hydrogens is 196 g/mol. The minimum Gasteiger partial charge on any atom is -0.300 e. The number of thioether (sulfide) groups is 1. The SMILES string of the molecule is CC(=O)CC(=O)Sc1cccc(C)c1. The third-order valence-electron chi connectivity index (χ3n) is 1.61. The zero-order valence-electron chi connectivity index (χ0n) is 8.24. The Kier molecular flexibility index (Phi) is 3.89. The molecule has 3 heteroatoms. The van der Waals surface area contributed by atoms with Crippen molar-refractivity contribution in [2.24, 2.45) is 0 Å². The highest BCUT2D eigenvalue weighted by Crippen LogP contribution is 2.20. The Morgan fingerprint density at radius 1 is 1.36 bits per heavy atom. The second-order valence-corrected chi connectivity index (χ2v) is 4.30. The summed E-state index contributed by atoms with van der Waals surface area (Å²) in [5.41, 5.74) is 1.12. The average Bonchev–Trinajstić information content (AvgIpc) is 2.01. The fourth-order valence-electron chi connectivity index (χ4n) is 1.05. The van der Waals surface area contributed by atoms with Crippen LogP contribution in [0, 0.1) is 6.92 Å². The van der Waals surface area contributed by atoms with E-state index in [4.69, 9.17) is 0 Å². The van der Waals surface area contributed by atoms with Gasteiger partial charge in [-0.25, -0.2) is 0 Å². The van der Waals surface area contributed by atoms with Gasteiger partial charge >= 0.3 is 0 Å². The second-order valence-electron chi connectivity index (χ2n) is 3.17. The molecule has 0 saturated heterocycles. The normalized spacial score (nSPS) is 9.86. The van der Waals surface area contributed by atoms with Crippen LogP contribution in [0.2, 0.25) is 0 Å². The van der Waals surface area contributed by atoms with Crippen molar-refractivity contribution in [2.45, 2.75) is 25.2 Å². The number of ketones is 1. The molecule has 0 saturated carbocycles. The number of hydrogen-bond acceptors (Lipinski definition) is 3. The van der Waals surface area contributed by atoms with Gasteiger partial charge in [0.25, 0.3) is 0 Å². The first-order valence-corrected chi connectivity index (χ1v) is 5.16. The predicted octanol–water partition coefficient (Wildman–Crippen LogP) is 2.59. The van der Waals surface area contributed by atoms with Gasteiger partial charge in [-0.2, -0.15) is 0 Å². The number of aryl methyl sites for hydroxylation is 1. The van der Waals surface area contributed by atoms with E-state index in [1.54, 1.807) is 0 Å². The summed E-state index contributed by atoms with van der Waals surface area (Å²) < 4.78 is 0. The average molecular weight is 208 g/mol. The lowest BCUT2D eigenvalue weighted by Crippen LogP contribution is -1.99. The summed E-state index contributed by atoms with van der Waals surface area (Å²) in [5, 5.41) is -0.0944. The van der Waals surface area contributed by atoms with Gasteiger partial charge in [0.15, 0.2) is 0 Å². The lowest BCUT2D eigenvalue weighted by molar-refractivity contribution is -0.121. The molecular formula is C11H12O2S. The quantitative estimate of drug-likeness (QED) is 0.565. The maximum Gasteiger partial charge on any atom is 0.201 e. The first kappa shape index (κ1) is 11.0. The van der Waals surface area contributed by atoms with Gasteiger partial charge in [-0.15, -0.1) is 0 Å². The Bertz CT molecular complexity index is 358. The Morgan fingerprint density at radius 3 is 2.64 bits per heavy atom. The molecule has 0 atom stereocenters. The molecule has 74 valence electrons. The van der Waals surface area contributed by atoms with Crippen molar-refractivity contribution in [1.29, 1.82) is 0 Å². The Balaban J connectivity index is 2.60. The number of hydrogen-bond donors (Lipinski definition) is 0. The van der Waals surface area contributed by atoms with E-state index in [-0.39, 0.29) is 17.3 Å². The minimum absolute atomic E-state index is 0.0125. The maximum atomic E-state index is 11.3. The summed E-state index contributed by atoms with van der Waals surface area (Å²) in [6, 6.07) is 7.68. The van der Waals surface area contributed by atoms with Crippen LogP contribution in [-0.4, -0.2) is 10.9 Å². The summed E-state index contributed by atoms with van der Waals surface area (Å²) in [6.07, 6.45) is 0.0125. The molecule has 0 spiro atoms. The maximum absolute atomic E-state index is 11.3. The van der Waals surface area contributed by atoms with Crippen molar-refractivity contribution in [3.63, 3.8) is 0 Å². The van der Waals surface area contributed by atoms with Gasteiger partial charge < -0.3 is 0 Å². The van der Waals surface area contributed by atoms with E-state index >= 15 is 0 Å². The first-order valence-electron chi connectivity index (χ1n) is 4.34. The van der Waals surface area contributed by atoms with Gasteiger partial charge in [0.2, 0.25) is 5.12 Å².